The summed E-state index contributed by atoms with van der Waals surface area (Å²) in [6.07, 6.45) is 2.28. The fourth-order valence-electron chi connectivity index (χ4n) is 2.54. The van der Waals surface area contributed by atoms with Crippen molar-refractivity contribution < 1.29 is 8.42 Å². The maximum Gasteiger partial charge on any atom is 0.238 e. The second kappa shape index (κ2) is 6.41. The lowest BCUT2D eigenvalue weighted by molar-refractivity contribution is 0.598. The third kappa shape index (κ3) is 3.71. The third-order valence-electron chi connectivity index (χ3n) is 3.88. The van der Waals surface area contributed by atoms with Gasteiger partial charge in [-0.1, -0.05) is 50.2 Å². The minimum absolute atomic E-state index is 0.139. The fraction of sp³-hybridized carbons (Fsp3) is 0.294. The fourth-order valence-corrected chi connectivity index (χ4v) is 3.06. The molecule has 0 atom stereocenters. The third-order valence-corrected chi connectivity index (χ3v) is 4.81. The monoisotopic (exact) mass is 303 g/mol. The van der Waals surface area contributed by atoms with Gasteiger partial charge in [0.2, 0.25) is 10.0 Å². The van der Waals surface area contributed by atoms with Gasteiger partial charge in [-0.2, -0.15) is 0 Å². The number of hydrogen-bond donors (Lipinski definition) is 1. The lowest BCUT2D eigenvalue weighted by Crippen LogP contribution is -2.11. The molecule has 0 unspecified atom stereocenters. The summed E-state index contributed by atoms with van der Waals surface area (Å²) in [4.78, 5) is 0.139. The molecule has 0 aliphatic carbocycles. The lowest BCUT2D eigenvalue weighted by Gasteiger charge is -2.13. The normalized spacial score (nSPS) is 11.8. The summed E-state index contributed by atoms with van der Waals surface area (Å²) < 4.78 is 22.5. The van der Waals surface area contributed by atoms with Crippen molar-refractivity contribution in [1.82, 2.24) is 0 Å². The first kappa shape index (κ1) is 15.7. The number of benzene rings is 2. The number of hydrogen-bond acceptors (Lipinski definition) is 2. The van der Waals surface area contributed by atoms with E-state index >= 15 is 0 Å². The molecule has 0 fully saturated rings. The second-order valence-electron chi connectivity index (χ2n) is 5.20. The second-order valence-corrected chi connectivity index (χ2v) is 6.77. The Morgan fingerprint density at radius 3 is 1.67 bits per heavy atom. The maximum absolute atomic E-state index is 11.2. The predicted octanol–water partition coefficient (Wildman–Crippen LogP) is 3.90. The van der Waals surface area contributed by atoms with Crippen LogP contribution in [0.2, 0.25) is 0 Å². The van der Waals surface area contributed by atoms with E-state index in [-0.39, 0.29) is 4.90 Å². The Hall–Kier alpha value is -1.65. The van der Waals surface area contributed by atoms with Crippen LogP contribution in [0, 0.1) is 0 Å². The highest BCUT2D eigenvalue weighted by molar-refractivity contribution is 7.89. The van der Waals surface area contributed by atoms with E-state index in [0.29, 0.717) is 5.92 Å². The number of primary sulfonamides is 1. The van der Waals surface area contributed by atoms with Crippen LogP contribution in [-0.4, -0.2) is 8.42 Å². The van der Waals surface area contributed by atoms with Gasteiger partial charge in [-0.15, -0.1) is 0 Å². The van der Waals surface area contributed by atoms with Gasteiger partial charge in [-0.25, -0.2) is 13.6 Å². The number of sulfonamides is 1. The van der Waals surface area contributed by atoms with Gasteiger partial charge < -0.3 is 0 Å². The van der Waals surface area contributed by atoms with Crippen LogP contribution in [0.4, 0.5) is 0 Å². The van der Waals surface area contributed by atoms with Crippen molar-refractivity contribution in [2.45, 2.75) is 37.5 Å². The molecule has 0 heterocycles. The van der Waals surface area contributed by atoms with Gasteiger partial charge in [0, 0.05) is 0 Å². The lowest BCUT2D eigenvalue weighted by atomic mass is 9.92. The van der Waals surface area contributed by atoms with Gasteiger partial charge in [-0.05, 0) is 47.6 Å². The van der Waals surface area contributed by atoms with Crippen LogP contribution in [-0.2, 0) is 10.0 Å². The minimum Gasteiger partial charge on any atom is -0.225 e. The molecule has 2 aromatic rings. The van der Waals surface area contributed by atoms with Gasteiger partial charge in [-0.3, -0.25) is 0 Å². The first-order valence-electron chi connectivity index (χ1n) is 7.19. The molecule has 4 heteroatoms. The van der Waals surface area contributed by atoms with E-state index in [2.05, 4.69) is 38.1 Å². The van der Waals surface area contributed by atoms with Crippen molar-refractivity contribution in [3.05, 3.63) is 54.1 Å². The molecule has 0 aliphatic heterocycles. The Morgan fingerprint density at radius 2 is 1.29 bits per heavy atom. The van der Waals surface area contributed by atoms with Crippen LogP contribution in [0.15, 0.2) is 53.4 Å². The minimum atomic E-state index is -3.63. The van der Waals surface area contributed by atoms with Crippen LogP contribution in [0.1, 0.15) is 38.2 Å². The van der Waals surface area contributed by atoms with Crippen LogP contribution < -0.4 is 5.14 Å². The average molecular weight is 303 g/mol. The summed E-state index contributed by atoms with van der Waals surface area (Å²) in [5.41, 5.74) is 3.41. The van der Waals surface area contributed by atoms with Crippen molar-refractivity contribution in [3.8, 4) is 11.1 Å². The molecule has 0 bridgehead atoms. The molecule has 0 amide bonds. The summed E-state index contributed by atoms with van der Waals surface area (Å²) in [5, 5.41) is 5.10. The molecule has 2 N–H and O–H groups in total. The highest BCUT2D eigenvalue weighted by atomic mass is 32.2. The molecule has 112 valence electrons. The molecule has 0 saturated carbocycles. The molecule has 0 aliphatic rings. The summed E-state index contributed by atoms with van der Waals surface area (Å²) in [6, 6.07) is 15.1. The van der Waals surface area contributed by atoms with Gasteiger partial charge in [0.1, 0.15) is 0 Å². The van der Waals surface area contributed by atoms with Gasteiger partial charge in [0.25, 0.3) is 0 Å². The maximum atomic E-state index is 11.2. The molecular formula is C17H21NO2S. The van der Waals surface area contributed by atoms with Crippen molar-refractivity contribution >= 4 is 10.0 Å². The Balaban J connectivity index is 2.27. The first-order valence-corrected chi connectivity index (χ1v) is 8.73. The molecule has 3 nitrogen and oxygen atoms in total. The molecule has 0 spiro atoms. The SMILES string of the molecule is CCC(CC)c1ccc(-c2ccc(S(N)(=O)=O)cc2)cc1. The molecular weight excluding hydrogens is 282 g/mol. The zero-order valence-electron chi connectivity index (χ0n) is 12.4. The summed E-state index contributed by atoms with van der Waals surface area (Å²) in [6.45, 7) is 4.40. The Bertz CT molecular complexity index is 685. The first-order chi connectivity index (χ1) is 9.95. The Kier molecular flexibility index (Phi) is 4.80. The number of rotatable bonds is 5. The quantitative estimate of drug-likeness (QED) is 0.910. The molecule has 0 aromatic heterocycles. The Labute approximate surface area is 126 Å². The number of nitrogens with two attached hydrogens (primary N) is 1. The largest absolute Gasteiger partial charge is 0.238 e. The van der Waals surface area contributed by atoms with Crippen LogP contribution in [0.25, 0.3) is 11.1 Å². The molecule has 2 rings (SSSR count). The van der Waals surface area contributed by atoms with E-state index < -0.39 is 10.0 Å². The van der Waals surface area contributed by atoms with E-state index in [0.717, 1.165) is 24.0 Å². The zero-order valence-corrected chi connectivity index (χ0v) is 13.2. The summed E-state index contributed by atoms with van der Waals surface area (Å²) in [7, 11) is -3.63. The van der Waals surface area contributed by atoms with E-state index in [1.165, 1.54) is 5.56 Å². The molecule has 0 radical (unpaired) electrons. The van der Waals surface area contributed by atoms with Crippen molar-refractivity contribution in [2.24, 2.45) is 5.14 Å². The topological polar surface area (TPSA) is 60.2 Å². The van der Waals surface area contributed by atoms with E-state index in [1.54, 1.807) is 24.3 Å². The predicted molar refractivity (Wildman–Crippen MR) is 86.6 cm³/mol. The van der Waals surface area contributed by atoms with Gasteiger partial charge in [0.05, 0.1) is 4.90 Å². The van der Waals surface area contributed by atoms with Crippen LogP contribution in [0.3, 0.4) is 0 Å². The van der Waals surface area contributed by atoms with Crippen molar-refractivity contribution in [3.63, 3.8) is 0 Å². The van der Waals surface area contributed by atoms with Gasteiger partial charge >= 0.3 is 0 Å². The van der Waals surface area contributed by atoms with E-state index in [1.807, 2.05) is 0 Å². The summed E-state index contributed by atoms with van der Waals surface area (Å²) >= 11 is 0. The van der Waals surface area contributed by atoms with Crippen LogP contribution >= 0.6 is 0 Å². The van der Waals surface area contributed by atoms with Gasteiger partial charge in [0.15, 0.2) is 0 Å². The standard InChI is InChI=1S/C17H21NO2S/c1-3-13(4-2)14-5-7-15(8-6-14)16-9-11-17(12-10-16)21(18,19)20/h5-13H,3-4H2,1-2H3,(H2,18,19,20). The van der Waals surface area contributed by atoms with Crippen LogP contribution in [0.5, 0.6) is 0 Å². The van der Waals surface area contributed by atoms with Crippen molar-refractivity contribution in [2.75, 3.05) is 0 Å². The highest BCUT2D eigenvalue weighted by Crippen LogP contribution is 2.26. The molecule has 2 aromatic carbocycles. The van der Waals surface area contributed by atoms with E-state index in [4.69, 9.17) is 5.14 Å². The highest BCUT2D eigenvalue weighted by Gasteiger charge is 2.09. The smallest absolute Gasteiger partial charge is 0.225 e. The van der Waals surface area contributed by atoms with Crippen molar-refractivity contribution in [1.29, 1.82) is 0 Å². The van der Waals surface area contributed by atoms with E-state index in [9.17, 15) is 8.42 Å². The summed E-state index contributed by atoms with van der Waals surface area (Å²) in [5.74, 6) is 0.601. The molecule has 21 heavy (non-hydrogen) atoms. The zero-order chi connectivity index (χ0) is 15.5. The Morgan fingerprint density at radius 1 is 0.857 bits per heavy atom. The average Bonchev–Trinajstić information content (AvgIpc) is 2.48. The molecule has 0 saturated heterocycles.